The van der Waals surface area contributed by atoms with E-state index in [0.29, 0.717) is 23.9 Å². The van der Waals surface area contributed by atoms with Gasteiger partial charge >= 0.3 is 0 Å². The van der Waals surface area contributed by atoms with E-state index in [9.17, 15) is 5.11 Å². The average Bonchev–Trinajstić information content (AvgIpc) is 3.76. The Morgan fingerprint density at radius 3 is 2.52 bits per heavy atom. The minimum Gasteiger partial charge on any atom is -0.493 e. The predicted molar refractivity (Wildman–Crippen MR) is 170 cm³/mol. The average molecular weight is 575 g/mol. The second-order valence-electron chi connectivity index (χ2n) is 15.1. The third-order valence-corrected chi connectivity index (χ3v) is 13.0. The van der Waals surface area contributed by atoms with Crippen LogP contribution in [-0.4, -0.2) is 73.5 Å². The molecule has 5 nitrogen and oxygen atoms in total. The molecule has 7 rings (SSSR count). The van der Waals surface area contributed by atoms with E-state index in [0.717, 1.165) is 48.4 Å². The number of hydrogen-bond acceptors (Lipinski definition) is 5. The molecule has 2 saturated heterocycles. The Morgan fingerprint density at radius 2 is 1.74 bits per heavy atom. The van der Waals surface area contributed by atoms with Crippen LogP contribution in [0.25, 0.3) is 6.08 Å². The van der Waals surface area contributed by atoms with Crippen molar-refractivity contribution in [2.24, 2.45) is 28.6 Å². The van der Waals surface area contributed by atoms with Gasteiger partial charge in [-0.15, -0.1) is 0 Å². The van der Waals surface area contributed by atoms with Crippen molar-refractivity contribution in [3.63, 3.8) is 0 Å². The van der Waals surface area contributed by atoms with Crippen LogP contribution < -0.4 is 9.47 Å². The summed E-state index contributed by atoms with van der Waals surface area (Å²) in [5, 5.41) is 11.8. The van der Waals surface area contributed by atoms with Gasteiger partial charge in [0.15, 0.2) is 11.5 Å². The van der Waals surface area contributed by atoms with E-state index in [-0.39, 0.29) is 11.5 Å². The Balaban J connectivity index is 1.06. The smallest absolute Gasteiger partial charge is 0.161 e. The lowest BCUT2D eigenvalue weighted by Crippen LogP contribution is -2.52. The van der Waals surface area contributed by atoms with Gasteiger partial charge in [-0.1, -0.05) is 37.6 Å². The van der Waals surface area contributed by atoms with Crippen LogP contribution in [0.3, 0.4) is 0 Å². The first-order valence-corrected chi connectivity index (χ1v) is 17.2. The molecule has 0 radical (unpaired) electrons. The highest BCUT2D eigenvalue weighted by Gasteiger charge is 2.59. The number of likely N-dealkylation sites (tertiary alicyclic amines) is 2. The number of fused-ring (bicyclic) bond motifs is 5. The van der Waals surface area contributed by atoms with Crippen molar-refractivity contribution in [2.75, 3.05) is 46.4 Å². The maximum absolute atomic E-state index is 11.8. The molecule has 0 spiro atoms. The molecule has 0 bridgehead atoms. The third-order valence-electron chi connectivity index (χ3n) is 13.0. The topological polar surface area (TPSA) is 45.2 Å². The Hall–Kier alpha value is -1.82. The number of hydrogen-bond donors (Lipinski definition) is 1. The molecule has 5 heteroatoms. The van der Waals surface area contributed by atoms with Crippen molar-refractivity contribution in [1.29, 1.82) is 0 Å². The van der Waals surface area contributed by atoms with Gasteiger partial charge in [0.2, 0.25) is 0 Å². The largest absolute Gasteiger partial charge is 0.493 e. The van der Waals surface area contributed by atoms with Crippen LogP contribution >= 0.6 is 0 Å². The fourth-order valence-electron chi connectivity index (χ4n) is 10.5. The molecule has 1 aromatic carbocycles. The molecular weight excluding hydrogens is 520 g/mol. The summed E-state index contributed by atoms with van der Waals surface area (Å²) < 4.78 is 11.9. The number of aliphatic hydroxyl groups is 1. The van der Waals surface area contributed by atoms with E-state index in [1.165, 1.54) is 89.5 Å². The Kier molecular flexibility index (Phi) is 7.99. The molecule has 5 fully saturated rings. The van der Waals surface area contributed by atoms with Crippen molar-refractivity contribution in [2.45, 2.75) is 96.6 Å². The highest BCUT2D eigenvalue weighted by atomic mass is 16.5. The summed E-state index contributed by atoms with van der Waals surface area (Å²) in [6.45, 7) is 11.7. The molecule has 3 saturated carbocycles. The summed E-state index contributed by atoms with van der Waals surface area (Å²) in [5.41, 5.74) is 4.43. The number of benzene rings is 1. The lowest BCUT2D eigenvalue weighted by atomic mass is 9.48. The predicted octanol–water partition coefficient (Wildman–Crippen LogP) is 6.95. The molecule has 4 aliphatic carbocycles. The molecule has 6 aliphatic rings. The first kappa shape index (κ1) is 28.9. The van der Waals surface area contributed by atoms with Crippen molar-refractivity contribution >= 4 is 6.08 Å². The molecule has 2 heterocycles. The Bertz CT molecular complexity index is 1200. The zero-order valence-corrected chi connectivity index (χ0v) is 26.5. The van der Waals surface area contributed by atoms with E-state index < -0.39 is 0 Å². The molecule has 0 aromatic heterocycles. The van der Waals surface area contributed by atoms with E-state index in [1.54, 1.807) is 12.7 Å². The van der Waals surface area contributed by atoms with Gasteiger partial charge in [0, 0.05) is 18.0 Å². The molecule has 7 atom stereocenters. The lowest BCUT2D eigenvalue weighted by Gasteiger charge is -2.58. The number of allylic oxidation sites excluding steroid dienone is 1. The zero-order chi connectivity index (χ0) is 28.9. The molecule has 230 valence electrons. The zero-order valence-electron chi connectivity index (χ0n) is 26.5. The fraction of sp³-hybridized carbons (Fsp3) is 0.730. The second-order valence-corrected chi connectivity index (χ2v) is 15.1. The normalized spacial score (nSPS) is 39.6. The van der Waals surface area contributed by atoms with Crippen LogP contribution in [0.1, 0.15) is 90.0 Å². The van der Waals surface area contributed by atoms with Crippen LogP contribution in [0.2, 0.25) is 0 Å². The van der Waals surface area contributed by atoms with Crippen LogP contribution in [0.5, 0.6) is 11.5 Å². The van der Waals surface area contributed by atoms with Crippen molar-refractivity contribution < 1.29 is 14.6 Å². The number of aliphatic hydroxyl groups excluding tert-OH is 1. The Labute approximate surface area is 254 Å². The number of methoxy groups -OCH3 is 1. The highest BCUT2D eigenvalue weighted by molar-refractivity contribution is 5.60. The first-order chi connectivity index (χ1) is 20.4. The van der Waals surface area contributed by atoms with Crippen LogP contribution in [-0.2, 0) is 0 Å². The molecular formula is C37H54N2O3. The summed E-state index contributed by atoms with van der Waals surface area (Å²) in [6.07, 6.45) is 18.6. The second kappa shape index (κ2) is 11.6. The van der Waals surface area contributed by atoms with Gasteiger partial charge in [0.1, 0.15) is 6.61 Å². The summed E-state index contributed by atoms with van der Waals surface area (Å²) >= 11 is 0. The van der Waals surface area contributed by atoms with Gasteiger partial charge in [0.05, 0.1) is 13.2 Å². The van der Waals surface area contributed by atoms with Crippen molar-refractivity contribution in [1.82, 2.24) is 9.80 Å². The van der Waals surface area contributed by atoms with E-state index in [2.05, 4.69) is 47.9 Å². The van der Waals surface area contributed by atoms with Crippen LogP contribution in [0, 0.1) is 28.6 Å². The monoisotopic (exact) mass is 574 g/mol. The maximum atomic E-state index is 11.8. The number of nitrogens with zero attached hydrogens (tertiary/aromatic N) is 2. The quantitative estimate of drug-likeness (QED) is 0.357. The lowest BCUT2D eigenvalue weighted by molar-refractivity contribution is -0.0662. The molecule has 1 aromatic rings. The summed E-state index contributed by atoms with van der Waals surface area (Å²) in [7, 11) is 1.73. The highest BCUT2D eigenvalue weighted by Crippen LogP contribution is 2.66. The van der Waals surface area contributed by atoms with E-state index >= 15 is 0 Å². The minimum atomic E-state index is -0.366. The van der Waals surface area contributed by atoms with Gasteiger partial charge in [-0.05, 0) is 143 Å². The first-order valence-electron chi connectivity index (χ1n) is 17.2. The summed E-state index contributed by atoms with van der Waals surface area (Å²) in [5.74, 6) is 3.59. The van der Waals surface area contributed by atoms with Gasteiger partial charge in [0.25, 0.3) is 0 Å². The number of ether oxygens (including phenoxy) is 2. The maximum Gasteiger partial charge on any atom is 0.161 e. The standard InChI is InChI=1S/C37H54N2O3/c1-36-14-12-29(39-18-6-7-19-39)25-28(36)9-10-30-31(36)13-15-37(2)32(30)24-27(35(37)40)22-26-8-11-33(34(23-26)41-3)42-21-20-38-16-4-5-17-38/h8-9,11,22-23,29-32,35,40H,4-7,10,12-21,24-25H2,1-3H3/b27-22+/t29-,30?,31?,32?,35-,36-,37-/m0/s1. The van der Waals surface area contributed by atoms with E-state index in [4.69, 9.17) is 9.47 Å². The van der Waals surface area contributed by atoms with Crippen LogP contribution in [0.4, 0.5) is 0 Å². The van der Waals surface area contributed by atoms with Gasteiger partial charge in [-0.2, -0.15) is 0 Å². The van der Waals surface area contributed by atoms with E-state index in [1.807, 2.05) is 6.07 Å². The molecule has 3 unspecified atom stereocenters. The minimum absolute atomic E-state index is 0.0236. The molecule has 42 heavy (non-hydrogen) atoms. The summed E-state index contributed by atoms with van der Waals surface area (Å²) in [6, 6.07) is 7.05. The fourth-order valence-corrected chi connectivity index (χ4v) is 10.5. The van der Waals surface area contributed by atoms with Crippen molar-refractivity contribution in [3.05, 3.63) is 41.0 Å². The Morgan fingerprint density at radius 1 is 0.952 bits per heavy atom. The van der Waals surface area contributed by atoms with Crippen molar-refractivity contribution in [3.8, 4) is 11.5 Å². The van der Waals surface area contributed by atoms with Crippen LogP contribution in [0.15, 0.2) is 35.4 Å². The SMILES string of the molecule is COc1cc(/C=C2\CC3C4CC=C5C[C@@H](N6CCCC6)CC[C@]5(C)C4CC[C@]3(C)[C@H]2O)ccc1OCCN1CCCC1. The van der Waals surface area contributed by atoms with Gasteiger partial charge < -0.3 is 19.5 Å². The van der Waals surface area contributed by atoms with Gasteiger partial charge in [-0.3, -0.25) is 4.90 Å². The molecule has 1 N–H and O–H groups in total. The van der Waals surface area contributed by atoms with Gasteiger partial charge in [-0.25, -0.2) is 0 Å². The third kappa shape index (κ3) is 5.06. The molecule has 2 aliphatic heterocycles. The molecule has 0 amide bonds. The summed E-state index contributed by atoms with van der Waals surface area (Å²) in [4.78, 5) is 5.26. The number of rotatable bonds is 7.